The van der Waals surface area contributed by atoms with Crippen molar-refractivity contribution in [3.05, 3.63) is 63.6 Å². The van der Waals surface area contributed by atoms with Crippen LogP contribution in [0.4, 0.5) is 5.69 Å². The summed E-state index contributed by atoms with van der Waals surface area (Å²) in [7, 11) is 1.95. The molecule has 5 heteroatoms. The van der Waals surface area contributed by atoms with E-state index in [4.69, 9.17) is 34.3 Å². The Balaban J connectivity index is 2.24. The minimum Gasteiger partial charge on any atom is -0.384 e. The molecule has 0 aliphatic carbocycles. The van der Waals surface area contributed by atoms with Crippen LogP contribution in [-0.4, -0.2) is 12.9 Å². The largest absolute Gasteiger partial charge is 0.384 e. The summed E-state index contributed by atoms with van der Waals surface area (Å²) in [6.45, 7) is 0.626. The summed E-state index contributed by atoms with van der Waals surface area (Å²) in [6, 6.07) is 13.1. The molecule has 0 bridgehead atoms. The number of nitrogens with zero attached hydrogens (tertiary/aromatic N) is 1. The Hall–Kier alpha value is -1.71. The number of hydrogen-bond acceptors (Lipinski definition) is 2. The molecule has 0 aliphatic heterocycles. The summed E-state index contributed by atoms with van der Waals surface area (Å²) in [5, 5.41) is 8.60. The molecule has 20 heavy (non-hydrogen) atoms. The van der Waals surface area contributed by atoms with Gasteiger partial charge < -0.3 is 10.6 Å². The third-order valence-corrected chi connectivity index (χ3v) is 3.90. The highest BCUT2D eigenvalue weighted by molar-refractivity contribution is 6.42. The van der Waals surface area contributed by atoms with Crippen LogP contribution < -0.4 is 10.6 Å². The molecular weight excluding hydrogens is 293 g/mol. The SMILES string of the molecule is CN(Cc1cccc(Cl)c1Cl)c1cccc(C(=N)N)c1. The van der Waals surface area contributed by atoms with Crippen LogP contribution in [0.15, 0.2) is 42.5 Å². The highest BCUT2D eigenvalue weighted by Crippen LogP contribution is 2.27. The highest BCUT2D eigenvalue weighted by atomic mass is 35.5. The predicted octanol–water partition coefficient (Wildman–Crippen LogP) is 3.91. The monoisotopic (exact) mass is 307 g/mol. The van der Waals surface area contributed by atoms with Gasteiger partial charge in [-0.25, -0.2) is 0 Å². The molecule has 0 aliphatic rings. The van der Waals surface area contributed by atoms with Crippen molar-refractivity contribution in [1.29, 1.82) is 5.41 Å². The van der Waals surface area contributed by atoms with Gasteiger partial charge in [0.1, 0.15) is 5.84 Å². The molecule has 0 atom stereocenters. The highest BCUT2D eigenvalue weighted by Gasteiger charge is 2.09. The van der Waals surface area contributed by atoms with Crippen molar-refractivity contribution < 1.29 is 0 Å². The van der Waals surface area contributed by atoms with Crippen LogP contribution >= 0.6 is 23.2 Å². The van der Waals surface area contributed by atoms with Gasteiger partial charge in [-0.15, -0.1) is 0 Å². The van der Waals surface area contributed by atoms with Crippen molar-refractivity contribution in [3.8, 4) is 0 Å². The minimum atomic E-state index is 0.0565. The van der Waals surface area contributed by atoms with Gasteiger partial charge in [0.15, 0.2) is 0 Å². The molecule has 0 fully saturated rings. The zero-order valence-electron chi connectivity index (χ0n) is 11.0. The second-order valence-electron chi connectivity index (χ2n) is 4.53. The third-order valence-electron chi connectivity index (χ3n) is 3.04. The molecule has 3 N–H and O–H groups in total. The van der Waals surface area contributed by atoms with Crippen LogP contribution in [0, 0.1) is 5.41 Å². The van der Waals surface area contributed by atoms with Crippen molar-refractivity contribution >= 4 is 34.7 Å². The average Bonchev–Trinajstić information content (AvgIpc) is 2.44. The Bertz CT molecular complexity index is 641. The van der Waals surface area contributed by atoms with Crippen LogP contribution in [-0.2, 0) is 6.54 Å². The molecule has 0 aromatic heterocycles. The van der Waals surface area contributed by atoms with Gasteiger partial charge in [-0.3, -0.25) is 5.41 Å². The fraction of sp³-hybridized carbons (Fsp3) is 0.133. The summed E-state index contributed by atoms with van der Waals surface area (Å²) in [5.74, 6) is 0.0565. The molecule has 0 heterocycles. The average molecular weight is 308 g/mol. The Morgan fingerprint density at radius 1 is 1.20 bits per heavy atom. The Morgan fingerprint density at radius 2 is 1.90 bits per heavy atom. The summed E-state index contributed by atoms with van der Waals surface area (Å²) in [5.41, 5.74) is 8.13. The van der Waals surface area contributed by atoms with Gasteiger partial charge in [0.05, 0.1) is 10.0 Å². The second-order valence-corrected chi connectivity index (χ2v) is 5.32. The molecule has 104 valence electrons. The van der Waals surface area contributed by atoms with Crippen molar-refractivity contribution in [2.24, 2.45) is 5.73 Å². The maximum atomic E-state index is 7.48. The minimum absolute atomic E-state index is 0.0565. The van der Waals surface area contributed by atoms with E-state index in [0.29, 0.717) is 22.2 Å². The van der Waals surface area contributed by atoms with Crippen LogP contribution in [0.2, 0.25) is 10.0 Å². The lowest BCUT2D eigenvalue weighted by atomic mass is 10.1. The number of benzene rings is 2. The summed E-state index contributed by atoms with van der Waals surface area (Å²) in [4.78, 5) is 2.03. The first-order valence-corrected chi connectivity index (χ1v) is 6.83. The zero-order chi connectivity index (χ0) is 14.7. The Kier molecular flexibility index (Phi) is 4.53. The number of nitrogens with one attached hydrogen (secondary N) is 1. The molecule has 0 amide bonds. The van der Waals surface area contributed by atoms with Gasteiger partial charge >= 0.3 is 0 Å². The number of amidine groups is 1. The van der Waals surface area contributed by atoms with Crippen LogP contribution in [0.25, 0.3) is 0 Å². The van der Waals surface area contributed by atoms with Crippen molar-refractivity contribution in [3.63, 3.8) is 0 Å². The van der Waals surface area contributed by atoms with Crippen LogP contribution in [0.5, 0.6) is 0 Å². The number of halogens is 2. The molecule has 2 rings (SSSR count). The van der Waals surface area contributed by atoms with E-state index in [-0.39, 0.29) is 5.84 Å². The Labute approximate surface area is 128 Å². The summed E-state index contributed by atoms with van der Waals surface area (Å²) < 4.78 is 0. The van der Waals surface area contributed by atoms with E-state index >= 15 is 0 Å². The van der Waals surface area contributed by atoms with E-state index in [1.807, 2.05) is 48.3 Å². The van der Waals surface area contributed by atoms with E-state index in [1.165, 1.54) is 0 Å². The maximum absolute atomic E-state index is 7.48. The zero-order valence-corrected chi connectivity index (χ0v) is 12.5. The van der Waals surface area contributed by atoms with Gasteiger partial charge in [0.25, 0.3) is 0 Å². The number of nitrogen functional groups attached to an aromatic ring is 1. The first-order chi connectivity index (χ1) is 9.49. The summed E-state index contributed by atoms with van der Waals surface area (Å²) in [6.07, 6.45) is 0. The Morgan fingerprint density at radius 3 is 2.60 bits per heavy atom. The molecule has 2 aromatic carbocycles. The normalized spacial score (nSPS) is 10.3. The van der Waals surface area contributed by atoms with Crippen LogP contribution in [0.1, 0.15) is 11.1 Å². The lowest BCUT2D eigenvalue weighted by Gasteiger charge is -2.21. The molecule has 2 aromatic rings. The quantitative estimate of drug-likeness (QED) is 0.664. The second kappa shape index (κ2) is 6.16. The molecule has 0 saturated heterocycles. The van der Waals surface area contributed by atoms with E-state index < -0.39 is 0 Å². The predicted molar refractivity (Wildman–Crippen MR) is 86.0 cm³/mol. The smallest absolute Gasteiger partial charge is 0.122 e. The molecule has 0 saturated carbocycles. The van der Waals surface area contributed by atoms with Gasteiger partial charge in [-0.2, -0.15) is 0 Å². The molecule has 3 nitrogen and oxygen atoms in total. The molecular formula is C15H15Cl2N3. The van der Waals surface area contributed by atoms with Gasteiger partial charge in [0, 0.05) is 24.8 Å². The topological polar surface area (TPSA) is 53.1 Å². The van der Waals surface area contributed by atoms with Gasteiger partial charge in [-0.05, 0) is 23.8 Å². The molecule has 0 radical (unpaired) electrons. The lowest BCUT2D eigenvalue weighted by molar-refractivity contribution is 0.923. The number of hydrogen-bond donors (Lipinski definition) is 2. The fourth-order valence-electron chi connectivity index (χ4n) is 1.93. The first-order valence-electron chi connectivity index (χ1n) is 6.07. The maximum Gasteiger partial charge on any atom is 0.122 e. The first kappa shape index (κ1) is 14.7. The van der Waals surface area contributed by atoms with Gasteiger partial charge in [0.2, 0.25) is 0 Å². The van der Waals surface area contributed by atoms with Crippen molar-refractivity contribution in [2.45, 2.75) is 6.54 Å². The van der Waals surface area contributed by atoms with E-state index in [0.717, 1.165) is 11.3 Å². The van der Waals surface area contributed by atoms with E-state index in [1.54, 1.807) is 6.07 Å². The van der Waals surface area contributed by atoms with Crippen molar-refractivity contribution in [2.75, 3.05) is 11.9 Å². The lowest BCUT2D eigenvalue weighted by Crippen LogP contribution is -2.18. The van der Waals surface area contributed by atoms with Crippen molar-refractivity contribution in [1.82, 2.24) is 0 Å². The molecule has 0 unspecified atom stereocenters. The summed E-state index contributed by atoms with van der Waals surface area (Å²) >= 11 is 12.2. The fourth-order valence-corrected chi connectivity index (χ4v) is 2.31. The third kappa shape index (κ3) is 3.24. The van der Waals surface area contributed by atoms with E-state index in [9.17, 15) is 0 Å². The number of rotatable bonds is 4. The van der Waals surface area contributed by atoms with E-state index in [2.05, 4.69) is 0 Å². The van der Waals surface area contributed by atoms with Crippen LogP contribution in [0.3, 0.4) is 0 Å². The number of nitrogens with two attached hydrogens (primary N) is 1. The number of anilines is 1. The molecule has 0 spiro atoms. The van der Waals surface area contributed by atoms with Gasteiger partial charge in [-0.1, -0.05) is 47.5 Å². The standard InChI is InChI=1S/C15H15Cl2N3/c1-20(9-11-5-3-7-13(16)14(11)17)12-6-2-4-10(8-12)15(18)19/h2-8H,9H2,1H3,(H3,18,19).